The number of para-hydroxylation sites is 1. The van der Waals surface area contributed by atoms with Crippen molar-refractivity contribution >= 4 is 0 Å². The van der Waals surface area contributed by atoms with E-state index < -0.39 is 0 Å². The molecule has 1 unspecified atom stereocenters. The van der Waals surface area contributed by atoms with Gasteiger partial charge in [0.25, 0.3) is 0 Å². The van der Waals surface area contributed by atoms with Gasteiger partial charge >= 0.3 is 0 Å². The largest absolute Gasteiger partial charge is 0.493 e. The predicted octanol–water partition coefficient (Wildman–Crippen LogP) is 4.91. The third-order valence-corrected chi connectivity index (χ3v) is 4.39. The highest BCUT2D eigenvalue weighted by Crippen LogP contribution is 2.38. The summed E-state index contributed by atoms with van der Waals surface area (Å²) in [4.78, 5) is 0. The highest BCUT2D eigenvalue weighted by atomic mass is 16.5. The molecule has 1 saturated carbocycles. The van der Waals surface area contributed by atoms with Crippen LogP contribution >= 0.6 is 0 Å². The lowest BCUT2D eigenvalue weighted by atomic mass is 9.97. The van der Waals surface area contributed by atoms with E-state index in [0.717, 1.165) is 12.3 Å². The van der Waals surface area contributed by atoms with Crippen molar-refractivity contribution in [2.75, 3.05) is 13.2 Å². The zero-order valence-electron chi connectivity index (χ0n) is 14.4. The van der Waals surface area contributed by atoms with E-state index in [2.05, 4.69) is 56.9 Å². The molecule has 0 aliphatic heterocycles. The predicted molar refractivity (Wildman–Crippen MR) is 94.6 cm³/mol. The second-order valence-electron chi connectivity index (χ2n) is 7.46. The van der Waals surface area contributed by atoms with Gasteiger partial charge in [-0.25, -0.2) is 0 Å². The first-order chi connectivity index (χ1) is 10.5. The number of hydrogen-bond donors (Lipinski definition) is 1. The Bertz CT molecular complexity index is 469. The van der Waals surface area contributed by atoms with E-state index in [1.54, 1.807) is 0 Å². The molecule has 2 nitrogen and oxygen atoms in total. The maximum absolute atomic E-state index is 6.16. The molecule has 1 aliphatic carbocycles. The molecule has 0 radical (unpaired) electrons. The van der Waals surface area contributed by atoms with Gasteiger partial charge in [-0.2, -0.15) is 0 Å². The van der Waals surface area contributed by atoms with Gasteiger partial charge in [0.2, 0.25) is 0 Å². The summed E-state index contributed by atoms with van der Waals surface area (Å²) in [6.45, 7) is 12.1. The lowest BCUT2D eigenvalue weighted by Gasteiger charge is -2.24. The van der Waals surface area contributed by atoms with Crippen molar-refractivity contribution in [2.24, 2.45) is 5.92 Å². The van der Waals surface area contributed by atoms with Crippen LogP contribution in [0, 0.1) is 5.92 Å². The van der Waals surface area contributed by atoms with Crippen molar-refractivity contribution in [1.29, 1.82) is 0 Å². The van der Waals surface area contributed by atoms with Gasteiger partial charge in [0.15, 0.2) is 0 Å². The van der Waals surface area contributed by atoms with Crippen molar-refractivity contribution < 1.29 is 4.74 Å². The van der Waals surface area contributed by atoms with E-state index in [0.29, 0.717) is 18.4 Å². The van der Waals surface area contributed by atoms with Gasteiger partial charge in [0.05, 0.1) is 6.61 Å². The quantitative estimate of drug-likeness (QED) is 0.722. The molecule has 1 aromatic rings. The minimum absolute atomic E-state index is 0.128. The molecule has 0 aromatic heterocycles. The van der Waals surface area contributed by atoms with E-state index in [9.17, 15) is 0 Å². The Morgan fingerprint density at radius 1 is 1.27 bits per heavy atom. The Balaban J connectivity index is 1.93. The maximum Gasteiger partial charge on any atom is 0.122 e. The smallest absolute Gasteiger partial charge is 0.122 e. The van der Waals surface area contributed by atoms with Gasteiger partial charge < -0.3 is 10.1 Å². The molecule has 0 amide bonds. The SMILES string of the molecule is C=CC(CNC(C)(C)C)COc1ccccc1C1CCCC1. The summed E-state index contributed by atoms with van der Waals surface area (Å²) in [5.41, 5.74) is 1.52. The van der Waals surface area contributed by atoms with Crippen molar-refractivity contribution in [3.8, 4) is 5.75 Å². The first-order valence-corrected chi connectivity index (χ1v) is 8.59. The molecule has 1 N–H and O–H groups in total. The van der Waals surface area contributed by atoms with E-state index in [4.69, 9.17) is 4.74 Å². The number of benzene rings is 1. The van der Waals surface area contributed by atoms with Gasteiger partial charge in [0.1, 0.15) is 5.75 Å². The van der Waals surface area contributed by atoms with Crippen LogP contribution in [-0.4, -0.2) is 18.7 Å². The first-order valence-electron chi connectivity index (χ1n) is 8.59. The fourth-order valence-corrected chi connectivity index (χ4v) is 3.03. The van der Waals surface area contributed by atoms with Crippen molar-refractivity contribution in [3.05, 3.63) is 42.5 Å². The number of ether oxygens (including phenoxy) is 1. The van der Waals surface area contributed by atoms with Gasteiger partial charge in [-0.1, -0.05) is 37.1 Å². The fourth-order valence-electron chi connectivity index (χ4n) is 3.03. The third-order valence-electron chi connectivity index (χ3n) is 4.39. The molecular formula is C20H31NO. The Kier molecular flexibility index (Phi) is 6.07. The van der Waals surface area contributed by atoms with Gasteiger partial charge in [-0.3, -0.25) is 0 Å². The highest BCUT2D eigenvalue weighted by molar-refractivity contribution is 5.36. The summed E-state index contributed by atoms with van der Waals surface area (Å²) in [6.07, 6.45) is 7.30. The zero-order chi connectivity index (χ0) is 16.0. The van der Waals surface area contributed by atoms with Gasteiger partial charge in [-0.15, -0.1) is 6.58 Å². The summed E-state index contributed by atoms with van der Waals surface area (Å²) in [7, 11) is 0. The summed E-state index contributed by atoms with van der Waals surface area (Å²) >= 11 is 0. The van der Waals surface area contributed by atoms with Crippen molar-refractivity contribution in [3.63, 3.8) is 0 Å². The summed E-state index contributed by atoms with van der Waals surface area (Å²) in [6, 6.07) is 8.56. The third kappa shape index (κ3) is 5.17. The normalized spacial score (nSPS) is 17.4. The molecule has 0 heterocycles. The monoisotopic (exact) mass is 301 g/mol. The Morgan fingerprint density at radius 2 is 1.95 bits per heavy atom. The lowest BCUT2D eigenvalue weighted by molar-refractivity contribution is 0.257. The zero-order valence-corrected chi connectivity index (χ0v) is 14.4. The van der Waals surface area contributed by atoms with E-state index >= 15 is 0 Å². The second-order valence-corrected chi connectivity index (χ2v) is 7.46. The molecular weight excluding hydrogens is 270 g/mol. The van der Waals surface area contributed by atoms with Gasteiger partial charge in [0, 0.05) is 18.0 Å². The Hall–Kier alpha value is -1.28. The topological polar surface area (TPSA) is 21.3 Å². The van der Waals surface area contributed by atoms with Crippen molar-refractivity contribution in [1.82, 2.24) is 5.32 Å². The fraction of sp³-hybridized carbons (Fsp3) is 0.600. The maximum atomic E-state index is 6.16. The van der Waals surface area contributed by atoms with E-state index in [-0.39, 0.29) is 5.54 Å². The molecule has 1 aromatic carbocycles. The lowest BCUT2D eigenvalue weighted by Crippen LogP contribution is -2.39. The van der Waals surface area contributed by atoms with Crippen LogP contribution in [0.5, 0.6) is 5.75 Å². The summed E-state index contributed by atoms with van der Waals surface area (Å²) in [5.74, 6) is 2.08. The number of rotatable bonds is 7. The van der Waals surface area contributed by atoms with Gasteiger partial charge in [-0.05, 0) is 51.2 Å². The van der Waals surface area contributed by atoms with Crippen molar-refractivity contribution in [2.45, 2.75) is 57.9 Å². The Labute approximate surface area is 136 Å². The van der Waals surface area contributed by atoms with Crippen LogP contribution in [0.3, 0.4) is 0 Å². The number of hydrogen-bond acceptors (Lipinski definition) is 2. The first kappa shape index (κ1) is 17.1. The highest BCUT2D eigenvalue weighted by Gasteiger charge is 2.20. The average Bonchev–Trinajstić information content (AvgIpc) is 3.01. The van der Waals surface area contributed by atoms with Crippen LogP contribution in [0.4, 0.5) is 0 Å². The number of nitrogens with one attached hydrogen (secondary N) is 1. The molecule has 1 aliphatic rings. The van der Waals surface area contributed by atoms with Crippen LogP contribution in [0.1, 0.15) is 57.9 Å². The summed E-state index contributed by atoms with van der Waals surface area (Å²) < 4.78 is 6.16. The van der Waals surface area contributed by atoms with Crippen LogP contribution in [0.25, 0.3) is 0 Å². The molecule has 2 rings (SSSR count). The standard InChI is InChI=1S/C20H31NO/c1-5-16(14-21-20(2,3)4)15-22-19-13-9-8-12-18(19)17-10-6-7-11-17/h5,8-9,12-13,16-17,21H,1,6-7,10-11,14-15H2,2-4H3. The summed E-state index contributed by atoms with van der Waals surface area (Å²) in [5, 5.41) is 3.53. The Morgan fingerprint density at radius 3 is 2.59 bits per heavy atom. The molecule has 0 bridgehead atoms. The van der Waals surface area contributed by atoms with Crippen LogP contribution in [0.15, 0.2) is 36.9 Å². The molecule has 0 saturated heterocycles. The van der Waals surface area contributed by atoms with E-state index in [1.165, 1.54) is 31.2 Å². The minimum Gasteiger partial charge on any atom is -0.493 e. The minimum atomic E-state index is 0.128. The molecule has 2 heteroatoms. The average molecular weight is 301 g/mol. The molecule has 122 valence electrons. The van der Waals surface area contributed by atoms with Crippen LogP contribution in [0.2, 0.25) is 0 Å². The second kappa shape index (κ2) is 7.82. The van der Waals surface area contributed by atoms with Crippen LogP contribution in [-0.2, 0) is 0 Å². The molecule has 1 fully saturated rings. The van der Waals surface area contributed by atoms with E-state index in [1.807, 2.05) is 6.08 Å². The molecule has 0 spiro atoms. The van der Waals surface area contributed by atoms with Crippen LogP contribution < -0.4 is 10.1 Å². The molecule has 22 heavy (non-hydrogen) atoms. The molecule has 1 atom stereocenters.